The van der Waals surface area contributed by atoms with E-state index in [1.165, 1.54) is 0 Å². The first kappa shape index (κ1) is 9.81. The maximum atomic E-state index is 11.1. The number of hydrogen-bond donors (Lipinski definition) is 0. The van der Waals surface area contributed by atoms with Crippen LogP contribution < -0.4 is 0 Å². The molecule has 2 aliphatic heterocycles. The van der Waals surface area contributed by atoms with Gasteiger partial charge in [-0.2, -0.15) is 0 Å². The van der Waals surface area contributed by atoms with Crippen LogP contribution in [0.2, 0.25) is 0 Å². The fourth-order valence-electron chi connectivity index (χ4n) is 2.00. The Kier molecular flexibility index (Phi) is 2.38. The van der Waals surface area contributed by atoms with Crippen molar-refractivity contribution in [2.24, 2.45) is 0 Å². The lowest BCUT2D eigenvalue weighted by Crippen LogP contribution is -2.48. The molecule has 1 aromatic rings. The van der Waals surface area contributed by atoms with E-state index in [1.54, 1.807) is 4.90 Å². The summed E-state index contributed by atoms with van der Waals surface area (Å²) >= 11 is 0. The van der Waals surface area contributed by atoms with Crippen LogP contribution in [0.1, 0.15) is 12.0 Å². The molecule has 1 amide bonds. The lowest BCUT2D eigenvalue weighted by Gasteiger charge is -2.31. The number of rotatable bonds is 3. The zero-order valence-electron chi connectivity index (χ0n) is 8.83. The molecule has 16 heavy (non-hydrogen) atoms. The Labute approximate surface area is 93.8 Å². The van der Waals surface area contributed by atoms with Crippen LogP contribution in [0.15, 0.2) is 30.3 Å². The van der Waals surface area contributed by atoms with E-state index in [4.69, 9.17) is 9.47 Å². The van der Waals surface area contributed by atoms with Gasteiger partial charge in [0, 0.05) is 0 Å². The highest BCUT2D eigenvalue weighted by atomic mass is 16.7. The summed E-state index contributed by atoms with van der Waals surface area (Å²) < 4.78 is 11.1. The molecule has 3 rings (SSSR count). The molecule has 2 aliphatic rings. The monoisotopic (exact) mass is 219 g/mol. The molecule has 0 aliphatic carbocycles. The molecule has 0 radical (unpaired) electrons. The number of carbonyl (C=O) groups is 1. The van der Waals surface area contributed by atoms with Crippen molar-refractivity contribution in [2.45, 2.75) is 25.5 Å². The van der Waals surface area contributed by atoms with Gasteiger partial charge < -0.3 is 14.4 Å². The SMILES string of the molecule is O=C1C[C@@H]2O[C@@H](OCc3ccccc3)CN12. The zero-order chi connectivity index (χ0) is 11.0. The van der Waals surface area contributed by atoms with E-state index in [1.807, 2.05) is 30.3 Å². The van der Waals surface area contributed by atoms with Crippen LogP contribution in [-0.2, 0) is 20.9 Å². The van der Waals surface area contributed by atoms with Crippen molar-refractivity contribution in [3.63, 3.8) is 0 Å². The van der Waals surface area contributed by atoms with Gasteiger partial charge in [0.05, 0.1) is 19.6 Å². The topological polar surface area (TPSA) is 38.8 Å². The molecule has 84 valence electrons. The molecule has 0 bridgehead atoms. The quantitative estimate of drug-likeness (QED) is 0.715. The van der Waals surface area contributed by atoms with E-state index in [9.17, 15) is 4.79 Å². The lowest BCUT2D eigenvalue weighted by atomic mass is 10.2. The molecule has 2 heterocycles. The van der Waals surface area contributed by atoms with Gasteiger partial charge in [0.2, 0.25) is 5.91 Å². The van der Waals surface area contributed by atoms with Crippen LogP contribution in [0.3, 0.4) is 0 Å². The molecule has 4 nitrogen and oxygen atoms in total. The van der Waals surface area contributed by atoms with Crippen LogP contribution in [0.5, 0.6) is 0 Å². The fraction of sp³-hybridized carbons (Fsp3) is 0.417. The van der Waals surface area contributed by atoms with Gasteiger partial charge >= 0.3 is 0 Å². The summed E-state index contributed by atoms with van der Waals surface area (Å²) in [7, 11) is 0. The number of amides is 1. The van der Waals surface area contributed by atoms with Crippen molar-refractivity contribution in [1.82, 2.24) is 4.90 Å². The van der Waals surface area contributed by atoms with E-state index in [-0.39, 0.29) is 18.4 Å². The summed E-state index contributed by atoms with van der Waals surface area (Å²) in [6, 6.07) is 9.94. The smallest absolute Gasteiger partial charge is 0.229 e. The second-order valence-corrected chi connectivity index (χ2v) is 4.07. The van der Waals surface area contributed by atoms with Gasteiger partial charge in [-0.05, 0) is 5.56 Å². The number of hydrogen-bond acceptors (Lipinski definition) is 3. The van der Waals surface area contributed by atoms with Crippen molar-refractivity contribution >= 4 is 5.91 Å². The number of fused-ring (bicyclic) bond motifs is 1. The van der Waals surface area contributed by atoms with Gasteiger partial charge in [-0.3, -0.25) is 4.79 Å². The van der Waals surface area contributed by atoms with Crippen molar-refractivity contribution in [3.05, 3.63) is 35.9 Å². The molecule has 0 spiro atoms. The third-order valence-corrected chi connectivity index (χ3v) is 2.95. The highest BCUT2D eigenvalue weighted by Gasteiger charge is 2.45. The van der Waals surface area contributed by atoms with Crippen molar-refractivity contribution < 1.29 is 14.3 Å². The van der Waals surface area contributed by atoms with Crippen molar-refractivity contribution in [1.29, 1.82) is 0 Å². The first-order valence-electron chi connectivity index (χ1n) is 5.43. The van der Waals surface area contributed by atoms with Crippen LogP contribution in [0.25, 0.3) is 0 Å². The predicted molar refractivity (Wildman–Crippen MR) is 56.2 cm³/mol. The molecule has 0 N–H and O–H groups in total. The molecular weight excluding hydrogens is 206 g/mol. The maximum absolute atomic E-state index is 11.1. The van der Waals surface area contributed by atoms with Gasteiger partial charge in [0.15, 0.2) is 6.29 Å². The van der Waals surface area contributed by atoms with E-state index < -0.39 is 0 Å². The number of benzene rings is 1. The molecule has 4 heteroatoms. The summed E-state index contributed by atoms with van der Waals surface area (Å²) in [4.78, 5) is 12.8. The fourth-order valence-corrected chi connectivity index (χ4v) is 2.00. The van der Waals surface area contributed by atoms with Crippen molar-refractivity contribution in [2.75, 3.05) is 6.54 Å². The summed E-state index contributed by atoms with van der Waals surface area (Å²) in [6.45, 7) is 1.09. The van der Waals surface area contributed by atoms with E-state index in [0.29, 0.717) is 19.6 Å². The minimum absolute atomic E-state index is 0.0340. The number of nitrogens with zero attached hydrogens (tertiary/aromatic N) is 1. The van der Waals surface area contributed by atoms with E-state index in [0.717, 1.165) is 5.56 Å². The Morgan fingerprint density at radius 1 is 1.38 bits per heavy atom. The summed E-state index contributed by atoms with van der Waals surface area (Å²) in [6.07, 6.45) is 0.204. The second-order valence-electron chi connectivity index (χ2n) is 4.07. The average Bonchev–Trinajstić information content (AvgIpc) is 2.65. The number of carbonyl (C=O) groups excluding carboxylic acids is 1. The van der Waals surface area contributed by atoms with E-state index >= 15 is 0 Å². The minimum Gasteiger partial charge on any atom is -0.346 e. The Morgan fingerprint density at radius 3 is 2.88 bits per heavy atom. The van der Waals surface area contributed by atoms with Crippen LogP contribution in [0, 0.1) is 0 Å². The summed E-state index contributed by atoms with van der Waals surface area (Å²) in [5.74, 6) is 0.163. The van der Waals surface area contributed by atoms with Gasteiger partial charge in [-0.1, -0.05) is 30.3 Å². The predicted octanol–water partition coefficient (Wildman–Crippen LogP) is 1.12. The second kappa shape index (κ2) is 3.88. The van der Waals surface area contributed by atoms with Gasteiger partial charge in [-0.25, -0.2) is 0 Å². The largest absolute Gasteiger partial charge is 0.346 e. The van der Waals surface area contributed by atoms with Crippen molar-refractivity contribution in [3.8, 4) is 0 Å². The van der Waals surface area contributed by atoms with Crippen LogP contribution in [-0.4, -0.2) is 29.9 Å². The zero-order valence-corrected chi connectivity index (χ0v) is 8.83. The number of β-lactam (4-membered cyclic amide) rings is 1. The Bertz CT molecular complexity index is 393. The maximum Gasteiger partial charge on any atom is 0.229 e. The Balaban J connectivity index is 1.52. The Morgan fingerprint density at radius 2 is 2.19 bits per heavy atom. The summed E-state index contributed by atoms with van der Waals surface area (Å²) in [5.41, 5.74) is 1.12. The molecular formula is C12H13NO3. The molecule has 2 saturated heterocycles. The standard InChI is InChI=1S/C12H13NO3/c14-10-6-11-13(10)7-12(16-11)15-8-9-4-2-1-3-5-9/h1-5,11-12H,6-8H2/t11-,12+/m0/s1. The van der Waals surface area contributed by atoms with Crippen LogP contribution in [0.4, 0.5) is 0 Å². The molecule has 0 aromatic heterocycles. The molecule has 0 unspecified atom stereocenters. The molecule has 0 saturated carbocycles. The average molecular weight is 219 g/mol. The molecule has 2 atom stereocenters. The van der Waals surface area contributed by atoms with E-state index in [2.05, 4.69) is 0 Å². The van der Waals surface area contributed by atoms with Gasteiger partial charge in [-0.15, -0.1) is 0 Å². The number of ether oxygens (including phenoxy) is 2. The summed E-state index contributed by atoms with van der Waals surface area (Å²) in [5, 5.41) is 0. The normalized spacial score (nSPS) is 27.8. The third kappa shape index (κ3) is 1.70. The first-order valence-corrected chi connectivity index (χ1v) is 5.43. The highest BCUT2D eigenvalue weighted by molar-refractivity contribution is 5.82. The lowest BCUT2D eigenvalue weighted by molar-refractivity contribution is -0.171. The first-order chi connectivity index (χ1) is 7.83. The van der Waals surface area contributed by atoms with Gasteiger partial charge in [0.1, 0.15) is 6.23 Å². The Hall–Kier alpha value is -1.39. The third-order valence-electron chi connectivity index (χ3n) is 2.95. The van der Waals surface area contributed by atoms with Crippen LogP contribution >= 0.6 is 0 Å². The minimum atomic E-state index is -0.267. The molecule has 1 aromatic carbocycles. The highest BCUT2D eigenvalue weighted by Crippen LogP contribution is 2.29. The molecule has 2 fully saturated rings. The van der Waals surface area contributed by atoms with Gasteiger partial charge in [0.25, 0.3) is 0 Å².